The van der Waals surface area contributed by atoms with Gasteiger partial charge in [0.25, 0.3) is 5.91 Å². The number of nitrogens with zero attached hydrogens (tertiary/aromatic N) is 1. The molecule has 2 aromatic rings. The maximum Gasteiger partial charge on any atom is 0.418 e. The molecule has 0 radical (unpaired) electrons. The predicted octanol–water partition coefficient (Wildman–Crippen LogP) is 5.67. The SMILES string of the molecule is CCC(NC(=O)/C(C#N)=C\Nc1ccccc1C(F)(F)F)c1ccc2c(c1)CCCC2. The Labute approximate surface area is 179 Å². The largest absolute Gasteiger partial charge is 0.418 e. The zero-order chi connectivity index (χ0) is 22.4. The molecule has 0 saturated carbocycles. The molecular weight excluding hydrogens is 403 g/mol. The minimum atomic E-state index is -4.55. The molecule has 1 aliphatic carbocycles. The van der Waals surface area contributed by atoms with Gasteiger partial charge in [-0.05, 0) is 60.9 Å². The Bertz CT molecular complexity index is 1020. The standard InChI is InChI=1S/C24H24F3N3O/c1-2-21(18-12-11-16-7-3-4-8-17(16)13-18)30-23(31)19(14-28)15-29-22-10-6-5-9-20(22)24(25,26)27/h5-6,9-13,15,21,29H,2-4,7-8H2,1H3,(H,30,31)/b19-15-. The van der Waals surface area contributed by atoms with Crippen LogP contribution in [0.3, 0.4) is 0 Å². The van der Waals surface area contributed by atoms with Crippen molar-refractivity contribution in [1.82, 2.24) is 5.32 Å². The molecule has 1 aliphatic rings. The Morgan fingerprint density at radius 1 is 1.16 bits per heavy atom. The van der Waals surface area contributed by atoms with E-state index in [1.807, 2.05) is 13.0 Å². The first kappa shape index (κ1) is 22.4. The Balaban J connectivity index is 1.75. The number of hydrogen-bond donors (Lipinski definition) is 2. The average Bonchev–Trinajstić information content (AvgIpc) is 2.77. The molecule has 0 saturated heterocycles. The van der Waals surface area contributed by atoms with E-state index in [2.05, 4.69) is 22.8 Å². The lowest BCUT2D eigenvalue weighted by Crippen LogP contribution is -2.29. The van der Waals surface area contributed by atoms with Crippen LogP contribution in [0, 0.1) is 11.3 Å². The van der Waals surface area contributed by atoms with Crippen LogP contribution in [0.4, 0.5) is 18.9 Å². The second kappa shape index (κ2) is 9.69. The normalized spacial score (nSPS) is 14.9. The van der Waals surface area contributed by atoms with Gasteiger partial charge in [0.1, 0.15) is 11.6 Å². The first-order chi connectivity index (χ1) is 14.8. The molecular formula is C24H24F3N3O. The van der Waals surface area contributed by atoms with Crippen molar-refractivity contribution in [3.8, 4) is 6.07 Å². The third-order valence-corrected chi connectivity index (χ3v) is 5.46. The van der Waals surface area contributed by atoms with Crippen LogP contribution >= 0.6 is 0 Å². The zero-order valence-corrected chi connectivity index (χ0v) is 17.2. The minimum Gasteiger partial charge on any atom is -0.360 e. The van der Waals surface area contributed by atoms with E-state index in [-0.39, 0.29) is 17.3 Å². The number of aryl methyl sites for hydroxylation is 2. The quantitative estimate of drug-likeness (QED) is 0.461. The lowest BCUT2D eigenvalue weighted by molar-refractivity contribution is -0.136. The van der Waals surface area contributed by atoms with Crippen LogP contribution < -0.4 is 10.6 Å². The zero-order valence-electron chi connectivity index (χ0n) is 17.2. The van der Waals surface area contributed by atoms with Crippen molar-refractivity contribution in [3.63, 3.8) is 0 Å². The molecule has 0 spiro atoms. The van der Waals surface area contributed by atoms with Crippen molar-refractivity contribution in [3.05, 3.63) is 76.5 Å². The second-order valence-corrected chi connectivity index (χ2v) is 7.53. The van der Waals surface area contributed by atoms with E-state index in [0.717, 1.165) is 37.1 Å². The molecule has 0 heterocycles. The van der Waals surface area contributed by atoms with Crippen LogP contribution in [-0.2, 0) is 23.8 Å². The fourth-order valence-corrected chi connectivity index (χ4v) is 3.78. The highest BCUT2D eigenvalue weighted by Gasteiger charge is 2.33. The number of nitrogens with one attached hydrogen (secondary N) is 2. The lowest BCUT2D eigenvalue weighted by atomic mass is 9.88. The predicted molar refractivity (Wildman–Crippen MR) is 113 cm³/mol. The smallest absolute Gasteiger partial charge is 0.360 e. The summed E-state index contributed by atoms with van der Waals surface area (Å²) in [6.45, 7) is 1.93. The van der Waals surface area contributed by atoms with Gasteiger partial charge in [0.15, 0.2) is 0 Å². The number of amides is 1. The molecule has 31 heavy (non-hydrogen) atoms. The van der Waals surface area contributed by atoms with Crippen molar-refractivity contribution in [2.45, 2.75) is 51.2 Å². The van der Waals surface area contributed by atoms with E-state index in [9.17, 15) is 23.2 Å². The second-order valence-electron chi connectivity index (χ2n) is 7.53. The molecule has 4 nitrogen and oxygen atoms in total. The minimum absolute atomic E-state index is 0.225. The summed E-state index contributed by atoms with van der Waals surface area (Å²) in [6, 6.07) is 12.6. The summed E-state index contributed by atoms with van der Waals surface area (Å²) in [4.78, 5) is 12.6. The number of hydrogen-bond acceptors (Lipinski definition) is 3. The molecule has 0 aliphatic heterocycles. The Kier molecular flexibility index (Phi) is 7.01. The molecule has 2 N–H and O–H groups in total. The molecule has 1 atom stereocenters. The molecule has 162 valence electrons. The Morgan fingerprint density at radius 3 is 2.55 bits per heavy atom. The van der Waals surface area contributed by atoms with Crippen LogP contribution in [0.1, 0.15) is 54.5 Å². The number of nitriles is 1. The van der Waals surface area contributed by atoms with Gasteiger partial charge >= 0.3 is 6.18 Å². The van der Waals surface area contributed by atoms with Gasteiger partial charge < -0.3 is 10.6 Å². The van der Waals surface area contributed by atoms with Gasteiger partial charge in [0.05, 0.1) is 17.3 Å². The van der Waals surface area contributed by atoms with Crippen LogP contribution in [0.5, 0.6) is 0 Å². The number of alkyl halides is 3. The molecule has 3 rings (SSSR count). The summed E-state index contributed by atoms with van der Waals surface area (Å²) >= 11 is 0. The fourth-order valence-electron chi connectivity index (χ4n) is 3.78. The average molecular weight is 427 g/mol. The molecule has 0 fully saturated rings. The van der Waals surface area contributed by atoms with Crippen molar-refractivity contribution >= 4 is 11.6 Å². The fraction of sp³-hybridized carbons (Fsp3) is 0.333. The van der Waals surface area contributed by atoms with Crippen molar-refractivity contribution in [2.75, 3.05) is 5.32 Å². The molecule has 2 aromatic carbocycles. The maximum absolute atomic E-state index is 13.1. The van der Waals surface area contributed by atoms with Gasteiger partial charge in [-0.15, -0.1) is 0 Å². The number of benzene rings is 2. The van der Waals surface area contributed by atoms with E-state index in [4.69, 9.17) is 0 Å². The van der Waals surface area contributed by atoms with Crippen LogP contribution in [0.2, 0.25) is 0 Å². The van der Waals surface area contributed by atoms with Gasteiger partial charge in [0.2, 0.25) is 0 Å². The molecule has 7 heteroatoms. The van der Waals surface area contributed by atoms with Gasteiger partial charge in [-0.2, -0.15) is 18.4 Å². The Hall–Kier alpha value is -3.27. The molecule has 0 aromatic heterocycles. The van der Waals surface area contributed by atoms with Crippen LogP contribution in [-0.4, -0.2) is 5.91 Å². The number of para-hydroxylation sites is 1. The first-order valence-corrected chi connectivity index (χ1v) is 10.3. The lowest BCUT2D eigenvalue weighted by Gasteiger charge is -2.21. The highest BCUT2D eigenvalue weighted by molar-refractivity contribution is 5.97. The van der Waals surface area contributed by atoms with Gasteiger partial charge in [0, 0.05) is 6.20 Å². The topological polar surface area (TPSA) is 64.9 Å². The van der Waals surface area contributed by atoms with E-state index in [1.54, 1.807) is 6.07 Å². The summed E-state index contributed by atoms with van der Waals surface area (Å²) < 4.78 is 39.4. The molecule has 1 unspecified atom stereocenters. The van der Waals surface area contributed by atoms with E-state index >= 15 is 0 Å². The Morgan fingerprint density at radius 2 is 1.87 bits per heavy atom. The monoisotopic (exact) mass is 427 g/mol. The first-order valence-electron chi connectivity index (χ1n) is 10.3. The van der Waals surface area contributed by atoms with Crippen molar-refractivity contribution < 1.29 is 18.0 Å². The van der Waals surface area contributed by atoms with Gasteiger partial charge in [-0.1, -0.05) is 37.3 Å². The highest BCUT2D eigenvalue weighted by atomic mass is 19.4. The summed E-state index contributed by atoms with van der Waals surface area (Å²) in [6.07, 6.45) is 1.48. The summed E-state index contributed by atoms with van der Waals surface area (Å²) in [5.74, 6) is -0.635. The number of carbonyl (C=O) groups is 1. The van der Waals surface area contributed by atoms with Crippen molar-refractivity contribution in [2.24, 2.45) is 0 Å². The van der Waals surface area contributed by atoms with Gasteiger partial charge in [-0.25, -0.2) is 0 Å². The third-order valence-electron chi connectivity index (χ3n) is 5.46. The summed E-state index contributed by atoms with van der Waals surface area (Å²) in [7, 11) is 0. The number of fused-ring (bicyclic) bond motifs is 1. The van der Waals surface area contributed by atoms with E-state index < -0.39 is 17.6 Å². The summed E-state index contributed by atoms with van der Waals surface area (Å²) in [5.41, 5.74) is 2.19. The van der Waals surface area contributed by atoms with Crippen LogP contribution in [0.15, 0.2) is 54.2 Å². The van der Waals surface area contributed by atoms with E-state index in [0.29, 0.717) is 6.42 Å². The maximum atomic E-state index is 13.1. The number of rotatable bonds is 6. The van der Waals surface area contributed by atoms with E-state index in [1.165, 1.54) is 35.7 Å². The molecule has 0 bridgehead atoms. The third kappa shape index (κ3) is 5.46. The highest BCUT2D eigenvalue weighted by Crippen LogP contribution is 2.34. The number of anilines is 1. The van der Waals surface area contributed by atoms with Gasteiger partial charge in [-0.3, -0.25) is 4.79 Å². The van der Waals surface area contributed by atoms with Crippen molar-refractivity contribution in [1.29, 1.82) is 5.26 Å². The number of carbonyl (C=O) groups excluding carboxylic acids is 1. The van der Waals surface area contributed by atoms with Crippen LogP contribution in [0.25, 0.3) is 0 Å². The molecule has 1 amide bonds. The number of halogens is 3. The summed E-state index contributed by atoms with van der Waals surface area (Å²) in [5, 5.41) is 14.7.